The molecule has 0 unspecified atom stereocenters. The summed E-state index contributed by atoms with van der Waals surface area (Å²) in [5.41, 5.74) is 0.301. The zero-order valence-electron chi connectivity index (χ0n) is 9.51. The van der Waals surface area contributed by atoms with Crippen LogP contribution in [0.3, 0.4) is 0 Å². The lowest BCUT2D eigenvalue weighted by Gasteiger charge is -2.02. The summed E-state index contributed by atoms with van der Waals surface area (Å²) in [6.07, 6.45) is 0. The molecule has 0 radical (unpaired) electrons. The van der Waals surface area contributed by atoms with Gasteiger partial charge in [0.2, 0.25) is 0 Å². The fourth-order valence-electron chi connectivity index (χ4n) is 1.46. The van der Waals surface area contributed by atoms with Gasteiger partial charge in [0.15, 0.2) is 16.5 Å². The number of hydrogen-bond acceptors (Lipinski definition) is 6. The topological polar surface area (TPSA) is 98.2 Å². The molecule has 0 saturated carbocycles. The molecule has 8 heteroatoms. The molecule has 92 valence electrons. The van der Waals surface area contributed by atoms with E-state index in [4.69, 9.17) is 9.05 Å². The maximum Gasteiger partial charge on any atom is 0.268 e. The molecular weight excluding hydrogens is 246 g/mol. The van der Waals surface area contributed by atoms with Crippen LogP contribution in [0.25, 0.3) is 0 Å². The Balaban J connectivity index is 2.38. The minimum atomic E-state index is -3.75. The number of rotatable bonds is 3. The van der Waals surface area contributed by atoms with Gasteiger partial charge < -0.3 is 9.05 Å². The Morgan fingerprint density at radius 3 is 2.35 bits per heavy atom. The van der Waals surface area contributed by atoms with Crippen molar-refractivity contribution in [3.8, 4) is 0 Å². The monoisotopic (exact) mass is 257 g/mol. The second-order valence-electron chi connectivity index (χ2n) is 3.58. The van der Waals surface area contributed by atoms with Crippen molar-refractivity contribution in [2.24, 2.45) is 0 Å². The predicted octanol–water partition coefficient (Wildman–Crippen LogP) is 1.39. The highest BCUT2D eigenvalue weighted by molar-refractivity contribution is 7.92. The average Bonchev–Trinajstić information content (AvgIpc) is 2.73. The molecule has 0 aromatic carbocycles. The van der Waals surface area contributed by atoms with Gasteiger partial charge in [-0.25, -0.2) is 8.42 Å². The summed E-state index contributed by atoms with van der Waals surface area (Å²) >= 11 is 0. The van der Waals surface area contributed by atoms with E-state index < -0.39 is 10.0 Å². The van der Waals surface area contributed by atoms with Crippen molar-refractivity contribution in [3.05, 3.63) is 23.3 Å². The van der Waals surface area contributed by atoms with E-state index in [0.717, 1.165) is 0 Å². The van der Waals surface area contributed by atoms with Crippen LogP contribution in [0.1, 0.15) is 17.2 Å². The van der Waals surface area contributed by atoms with E-state index in [9.17, 15) is 8.42 Å². The Kier molecular flexibility index (Phi) is 2.66. The third kappa shape index (κ3) is 2.16. The molecule has 2 heterocycles. The first-order valence-electron chi connectivity index (χ1n) is 4.79. The lowest BCUT2D eigenvalue weighted by Crippen LogP contribution is -2.14. The van der Waals surface area contributed by atoms with Crippen molar-refractivity contribution in [2.75, 3.05) is 4.72 Å². The third-order valence-electron chi connectivity index (χ3n) is 2.10. The third-order valence-corrected chi connectivity index (χ3v) is 3.70. The molecule has 0 amide bonds. The van der Waals surface area contributed by atoms with Crippen LogP contribution in [0, 0.1) is 20.8 Å². The summed E-state index contributed by atoms with van der Waals surface area (Å²) in [7, 11) is -3.75. The Morgan fingerprint density at radius 2 is 1.88 bits per heavy atom. The fourth-order valence-corrected chi connectivity index (χ4v) is 2.78. The molecule has 17 heavy (non-hydrogen) atoms. The number of anilines is 1. The van der Waals surface area contributed by atoms with Crippen LogP contribution >= 0.6 is 0 Å². The highest BCUT2D eigenvalue weighted by atomic mass is 32.2. The first-order valence-corrected chi connectivity index (χ1v) is 6.27. The number of nitrogens with zero attached hydrogens (tertiary/aromatic N) is 2. The predicted molar refractivity (Wildman–Crippen MR) is 58.0 cm³/mol. The van der Waals surface area contributed by atoms with Gasteiger partial charge in [0.05, 0.1) is 0 Å². The minimum absolute atomic E-state index is 0.0261. The van der Waals surface area contributed by atoms with E-state index in [1.807, 2.05) is 0 Å². The molecule has 0 aliphatic heterocycles. The van der Waals surface area contributed by atoms with Crippen LogP contribution in [0.5, 0.6) is 0 Å². The molecule has 0 atom stereocenters. The summed E-state index contributed by atoms with van der Waals surface area (Å²) in [6.45, 7) is 4.75. The van der Waals surface area contributed by atoms with E-state index in [2.05, 4.69) is 15.0 Å². The largest absolute Gasteiger partial charge is 0.360 e. The lowest BCUT2D eigenvalue weighted by molar-refractivity contribution is 0.390. The van der Waals surface area contributed by atoms with Gasteiger partial charge in [-0.3, -0.25) is 4.72 Å². The molecule has 0 bridgehead atoms. The van der Waals surface area contributed by atoms with E-state index in [1.165, 1.54) is 13.0 Å². The highest BCUT2D eigenvalue weighted by Gasteiger charge is 2.25. The van der Waals surface area contributed by atoms with Crippen LogP contribution in [0.15, 0.2) is 20.0 Å². The first-order chi connectivity index (χ1) is 7.90. The quantitative estimate of drug-likeness (QED) is 0.892. The molecular formula is C9H11N3O4S. The molecule has 7 nitrogen and oxygen atoms in total. The number of aromatic nitrogens is 2. The first kappa shape index (κ1) is 11.6. The molecule has 0 aliphatic rings. The number of hydrogen-bond donors (Lipinski definition) is 1. The molecule has 1 N–H and O–H groups in total. The van der Waals surface area contributed by atoms with E-state index >= 15 is 0 Å². The Morgan fingerprint density at radius 1 is 1.18 bits per heavy atom. The van der Waals surface area contributed by atoms with Crippen molar-refractivity contribution < 1.29 is 17.5 Å². The maximum absolute atomic E-state index is 12.0. The number of aryl methyl sites for hydroxylation is 3. The van der Waals surface area contributed by atoms with Crippen LogP contribution in [-0.2, 0) is 10.0 Å². The van der Waals surface area contributed by atoms with E-state index in [1.54, 1.807) is 13.8 Å². The average molecular weight is 257 g/mol. The molecule has 0 fully saturated rings. The van der Waals surface area contributed by atoms with E-state index in [-0.39, 0.29) is 16.5 Å². The van der Waals surface area contributed by atoms with Crippen LogP contribution in [0.4, 0.5) is 5.82 Å². The van der Waals surface area contributed by atoms with Crippen molar-refractivity contribution in [2.45, 2.75) is 25.7 Å². The van der Waals surface area contributed by atoms with Crippen LogP contribution < -0.4 is 4.72 Å². The zero-order valence-corrected chi connectivity index (χ0v) is 10.3. The fraction of sp³-hybridized carbons (Fsp3) is 0.333. The maximum atomic E-state index is 12.0. The minimum Gasteiger partial charge on any atom is -0.360 e. The van der Waals surface area contributed by atoms with Gasteiger partial charge in [-0.1, -0.05) is 10.3 Å². The summed E-state index contributed by atoms with van der Waals surface area (Å²) in [5, 5.41) is 7.15. The summed E-state index contributed by atoms with van der Waals surface area (Å²) in [6, 6.07) is 1.48. The Hall–Kier alpha value is -1.83. The second-order valence-corrected chi connectivity index (χ2v) is 5.20. The standard InChI is InChI=1S/C9H11N3O4S/c1-5-4-8(11-15-5)12-17(13,14)9-6(2)10-16-7(9)3/h4H,1-3H3,(H,11,12). The number of sulfonamides is 1. The highest BCUT2D eigenvalue weighted by Crippen LogP contribution is 2.21. The second kappa shape index (κ2) is 3.88. The smallest absolute Gasteiger partial charge is 0.268 e. The molecule has 2 aromatic rings. The van der Waals surface area contributed by atoms with Gasteiger partial charge >= 0.3 is 0 Å². The summed E-state index contributed by atoms with van der Waals surface area (Å²) in [4.78, 5) is 0.0261. The normalized spacial score (nSPS) is 11.7. The zero-order chi connectivity index (χ0) is 12.6. The van der Waals surface area contributed by atoms with Crippen molar-refractivity contribution in [3.63, 3.8) is 0 Å². The Labute approximate surface area is 97.8 Å². The SMILES string of the molecule is Cc1cc(NS(=O)(=O)c2c(C)noc2C)no1. The van der Waals surface area contributed by atoms with Gasteiger partial charge in [0.1, 0.15) is 11.5 Å². The van der Waals surface area contributed by atoms with Crippen molar-refractivity contribution in [1.29, 1.82) is 0 Å². The molecule has 0 spiro atoms. The van der Waals surface area contributed by atoms with Gasteiger partial charge in [-0.05, 0) is 20.8 Å². The van der Waals surface area contributed by atoms with Gasteiger partial charge in [0, 0.05) is 6.07 Å². The number of nitrogens with one attached hydrogen (secondary N) is 1. The summed E-state index contributed by atoms with van der Waals surface area (Å²) < 4.78 is 35.9. The molecule has 0 saturated heterocycles. The van der Waals surface area contributed by atoms with Crippen molar-refractivity contribution >= 4 is 15.8 Å². The Bertz CT molecular complexity index is 622. The van der Waals surface area contributed by atoms with Crippen molar-refractivity contribution in [1.82, 2.24) is 10.3 Å². The van der Waals surface area contributed by atoms with Gasteiger partial charge in [0.25, 0.3) is 10.0 Å². The van der Waals surface area contributed by atoms with Gasteiger partial charge in [-0.2, -0.15) is 0 Å². The molecule has 2 aromatic heterocycles. The summed E-state index contributed by atoms with van der Waals surface area (Å²) in [5.74, 6) is 0.874. The van der Waals surface area contributed by atoms with Crippen LogP contribution in [0.2, 0.25) is 0 Å². The van der Waals surface area contributed by atoms with Crippen LogP contribution in [-0.4, -0.2) is 18.7 Å². The lowest BCUT2D eigenvalue weighted by atomic mass is 10.4. The van der Waals surface area contributed by atoms with E-state index in [0.29, 0.717) is 11.5 Å². The molecule has 2 rings (SSSR count). The van der Waals surface area contributed by atoms with Gasteiger partial charge in [-0.15, -0.1) is 0 Å². The molecule has 0 aliphatic carbocycles.